The van der Waals surface area contributed by atoms with Crippen molar-refractivity contribution in [3.8, 4) is 0 Å². The van der Waals surface area contributed by atoms with Crippen molar-refractivity contribution in [1.82, 2.24) is 15.1 Å². The van der Waals surface area contributed by atoms with Crippen molar-refractivity contribution in [3.05, 3.63) is 0 Å². The molecule has 1 aliphatic rings. The standard InChI is InChI=1S/C18H39N3/c1-8-16-13-21(12-11-20(16)7)15-18(9-2,10-3)14-19-17(4,5)6/h16,19H,8-15H2,1-7H3. The molecule has 1 N–H and O–H groups in total. The number of hydrogen-bond donors (Lipinski definition) is 1. The molecule has 0 bridgehead atoms. The minimum atomic E-state index is 0.212. The van der Waals surface area contributed by atoms with Crippen LogP contribution in [-0.4, -0.2) is 61.2 Å². The minimum absolute atomic E-state index is 0.212. The molecule has 0 spiro atoms. The SMILES string of the molecule is CCC1CN(CC(CC)(CC)CNC(C)(C)C)CCN1C. The molecule has 0 aromatic heterocycles. The van der Waals surface area contributed by atoms with E-state index in [0.29, 0.717) is 5.41 Å². The molecule has 1 unspecified atom stereocenters. The Kier molecular flexibility index (Phi) is 7.15. The van der Waals surface area contributed by atoms with Crippen LogP contribution in [0.1, 0.15) is 60.8 Å². The summed E-state index contributed by atoms with van der Waals surface area (Å²) in [6.45, 7) is 19.9. The lowest BCUT2D eigenvalue weighted by Gasteiger charge is -2.44. The first kappa shape index (κ1) is 18.9. The predicted octanol–water partition coefficient (Wildman–Crippen LogP) is 3.21. The average molecular weight is 298 g/mol. The first-order valence-corrected chi connectivity index (χ1v) is 8.93. The molecule has 0 aromatic rings. The number of piperazine rings is 1. The molecule has 0 amide bonds. The molecular formula is C18H39N3. The van der Waals surface area contributed by atoms with Crippen LogP contribution in [0.3, 0.4) is 0 Å². The Balaban J connectivity index is 2.65. The highest BCUT2D eigenvalue weighted by Crippen LogP contribution is 2.29. The maximum atomic E-state index is 3.75. The van der Waals surface area contributed by atoms with Gasteiger partial charge in [-0.3, -0.25) is 4.90 Å². The second-order valence-electron chi connectivity index (χ2n) is 8.09. The molecule has 0 aliphatic carbocycles. The fourth-order valence-electron chi connectivity index (χ4n) is 3.30. The molecule has 1 rings (SSSR count). The lowest BCUT2D eigenvalue weighted by atomic mass is 9.80. The quantitative estimate of drug-likeness (QED) is 0.778. The summed E-state index contributed by atoms with van der Waals surface area (Å²) in [5.41, 5.74) is 0.630. The molecule has 126 valence electrons. The van der Waals surface area contributed by atoms with Crippen LogP contribution in [-0.2, 0) is 0 Å². The maximum Gasteiger partial charge on any atom is 0.0218 e. The van der Waals surface area contributed by atoms with Crippen molar-refractivity contribution in [1.29, 1.82) is 0 Å². The molecule has 0 aromatic carbocycles. The largest absolute Gasteiger partial charge is 0.311 e. The van der Waals surface area contributed by atoms with Crippen LogP contribution in [0.4, 0.5) is 0 Å². The van der Waals surface area contributed by atoms with Gasteiger partial charge in [-0.05, 0) is 52.5 Å². The molecule has 1 aliphatic heterocycles. The van der Waals surface area contributed by atoms with E-state index in [1.54, 1.807) is 0 Å². The second-order valence-corrected chi connectivity index (χ2v) is 8.09. The molecule has 1 saturated heterocycles. The number of nitrogens with one attached hydrogen (secondary N) is 1. The van der Waals surface area contributed by atoms with E-state index < -0.39 is 0 Å². The smallest absolute Gasteiger partial charge is 0.0218 e. The van der Waals surface area contributed by atoms with Gasteiger partial charge in [0, 0.05) is 44.3 Å². The van der Waals surface area contributed by atoms with Crippen molar-refractivity contribution in [2.24, 2.45) is 5.41 Å². The van der Waals surface area contributed by atoms with Crippen molar-refractivity contribution in [3.63, 3.8) is 0 Å². The Morgan fingerprint density at radius 2 is 1.67 bits per heavy atom. The van der Waals surface area contributed by atoms with Gasteiger partial charge in [0.05, 0.1) is 0 Å². The third-order valence-corrected chi connectivity index (χ3v) is 5.39. The van der Waals surface area contributed by atoms with Gasteiger partial charge in [0.25, 0.3) is 0 Å². The van der Waals surface area contributed by atoms with Crippen LogP contribution in [0.5, 0.6) is 0 Å². The number of rotatable bonds is 7. The Hall–Kier alpha value is -0.120. The second kappa shape index (κ2) is 7.94. The van der Waals surface area contributed by atoms with Crippen molar-refractivity contribution < 1.29 is 0 Å². The van der Waals surface area contributed by atoms with Gasteiger partial charge < -0.3 is 10.2 Å². The van der Waals surface area contributed by atoms with E-state index >= 15 is 0 Å². The van der Waals surface area contributed by atoms with Gasteiger partial charge in [-0.15, -0.1) is 0 Å². The highest BCUT2D eigenvalue weighted by Gasteiger charge is 2.32. The fourth-order valence-corrected chi connectivity index (χ4v) is 3.30. The van der Waals surface area contributed by atoms with Gasteiger partial charge in [0.2, 0.25) is 0 Å². The van der Waals surface area contributed by atoms with Gasteiger partial charge >= 0.3 is 0 Å². The van der Waals surface area contributed by atoms with Crippen LogP contribution in [0, 0.1) is 5.41 Å². The lowest BCUT2D eigenvalue weighted by Crippen LogP contribution is -2.55. The molecule has 1 heterocycles. The average Bonchev–Trinajstić information content (AvgIpc) is 2.44. The summed E-state index contributed by atoms with van der Waals surface area (Å²) >= 11 is 0. The van der Waals surface area contributed by atoms with Crippen molar-refractivity contribution in [2.45, 2.75) is 72.4 Å². The topological polar surface area (TPSA) is 18.5 Å². The first-order chi connectivity index (χ1) is 9.75. The third kappa shape index (κ3) is 5.88. The molecule has 0 radical (unpaired) electrons. The Morgan fingerprint density at radius 1 is 1.05 bits per heavy atom. The zero-order valence-electron chi connectivity index (χ0n) is 15.6. The lowest BCUT2D eigenvalue weighted by molar-refractivity contribution is 0.0501. The van der Waals surface area contributed by atoms with E-state index in [9.17, 15) is 0 Å². The fraction of sp³-hybridized carbons (Fsp3) is 1.00. The summed E-state index contributed by atoms with van der Waals surface area (Å²) in [4.78, 5) is 5.25. The van der Waals surface area contributed by atoms with Gasteiger partial charge in [0.1, 0.15) is 0 Å². The summed E-state index contributed by atoms with van der Waals surface area (Å²) in [7, 11) is 2.28. The number of likely N-dealkylation sites (N-methyl/N-ethyl adjacent to an activating group) is 1. The van der Waals surface area contributed by atoms with E-state index in [0.717, 1.165) is 12.6 Å². The van der Waals surface area contributed by atoms with Crippen LogP contribution in [0.25, 0.3) is 0 Å². The van der Waals surface area contributed by atoms with Crippen molar-refractivity contribution in [2.75, 3.05) is 39.8 Å². The van der Waals surface area contributed by atoms with Crippen molar-refractivity contribution >= 4 is 0 Å². The summed E-state index contributed by atoms with van der Waals surface area (Å²) in [6, 6.07) is 0.737. The van der Waals surface area contributed by atoms with E-state index in [4.69, 9.17) is 0 Å². The van der Waals surface area contributed by atoms with Crippen LogP contribution < -0.4 is 5.32 Å². The maximum absolute atomic E-state index is 3.75. The predicted molar refractivity (Wildman–Crippen MR) is 93.9 cm³/mol. The molecule has 3 nitrogen and oxygen atoms in total. The monoisotopic (exact) mass is 297 g/mol. The van der Waals surface area contributed by atoms with E-state index in [1.807, 2.05) is 0 Å². The molecule has 0 saturated carbocycles. The summed E-state index contributed by atoms with van der Waals surface area (Å²) < 4.78 is 0. The number of nitrogens with zero attached hydrogens (tertiary/aromatic N) is 2. The minimum Gasteiger partial charge on any atom is -0.311 e. The van der Waals surface area contributed by atoms with Crippen LogP contribution >= 0.6 is 0 Å². The van der Waals surface area contributed by atoms with Gasteiger partial charge in [-0.25, -0.2) is 0 Å². The Bertz CT molecular complexity index is 291. The van der Waals surface area contributed by atoms with E-state index in [-0.39, 0.29) is 5.54 Å². The summed E-state index contributed by atoms with van der Waals surface area (Å²) in [5, 5.41) is 3.75. The normalized spacial score (nSPS) is 22.7. The zero-order valence-corrected chi connectivity index (χ0v) is 15.6. The summed E-state index contributed by atoms with van der Waals surface area (Å²) in [5.74, 6) is 0. The Morgan fingerprint density at radius 3 is 2.14 bits per heavy atom. The molecule has 1 fully saturated rings. The molecule has 3 heteroatoms. The van der Waals surface area contributed by atoms with E-state index in [1.165, 1.54) is 45.4 Å². The Labute approximate surface area is 133 Å². The van der Waals surface area contributed by atoms with Gasteiger partial charge in [0.15, 0.2) is 0 Å². The van der Waals surface area contributed by atoms with Crippen LogP contribution in [0.15, 0.2) is 0 Å². The van der Waals surface area contributed by atoms with Gasteiger partial charge in [-0.1, -0.05) is 20.8 Å². The highest BCUT2D eigenvalue weighted by molar-refractivity contribution is 4.89. The first-order valence-electron chi connectivity index (χ1n) is 8.93. The highest BCUT2D eigenvalue weighted by atomic mass is 15.3. The molecular weight excluding hydrogens is 258 g/mol. The zero-order chi connectivity index (χ0) is 16.1. The molecule has 1 atom stereocenters. The van der Waals surface area contributed by atoms with Gasteiger partial charge in [-0.2, -0.15) is 0 Å². The van der Waals surface area contributed by atoms with Crippen LogP contribution in [0.2, 0.25) is 0 Å². The third-order valence-electron chi connectivity index (χ3n) is 5.39. The van der Waals surface area contributed by atoms with E-state index in [2.05, 4.69) is 63.7 Å². The molecule has 21 heavy (non-hydrogen) atoms. The summed E-state index contributed by atoms with van der Waals surface area (Å²) in [6.07, 6.45) is 3.78. The number of hydrogen-bond acceptors (Lipinski definition) is 3.